The third kappa shape index (κ3) is 4.53. The second-order valence-corrected chi connectivity index (χ2v) is 6.52. The van der Waals surface area contributed by atoms with E-state index in [-0.39, 0.29) is 11.6 Å². The average Bonchev–Trinajstić information content (AvgIpc) is 3.08. The maximum atomic E-state index is 12.0. The van der Waals surface area contributed by atoms with Gasteiger partial charge in [0.25, 0.3) is 5.69 Å². The largest absolute Gasteiger partial charge is 0.298 e. The van der Waals surface area contributed by atoms with E-state index in [9.17, 15) is 14.9 Å². The summed E-state index contributed by atoms with van der Waals surface area (Å²) in [5.41, 5.74) is 1.98. The van der Waals surface area contributed by atoms with E-state index in [1.807, 2.05) is 6.07 Å². The van der Waals surface area contributed by atoms with Crippen LogP contribution in [-0.2, 0) is 4.79 Å². The van der Waals surface area contributed by atoms with Crippen molar-refractivity contribution in [2.24, 2.45) is 0 Å². The van der Waals surface area contributed by atoms with Gasteiger partial charge < -0.3 is 0 Å². The third-order valence-electron chi connectivity index (χ3n) is 3.36. The van der Waals surface area contributed by atoms with Crippen molar-refractivity contribution in [1.29, 1.82) is 0 Å². The summed E-state index contributed by atoms with van der Waals surface area (Å²) in [5, 5.41) is 16.3. The molecule has 6 nitrogen and oxygen atoms in total. The predicted octanol–water partition coefficient (Wildman–Crippen LogP) is 5.02. The maximum absolute atomic E-state index is 12.0. The zero-order valence-corrected chi connectivity index (χ0v) is 14.8. The van der Waals surface area contributed by atoms with E-state index in [0.29, 0.717) is 21.4 Å². The van der Waals surface area contributed by atoms with Crippen molar-refractivity contribution in [3.8, 4) is 11.3 Å². The van der Waals surface area contributed by atoms with Crippen molar-refractivity contribution < 1.29 is 9.72 Å². The monoisotopic (exact) mass is 385 g/mol. The van der Waals surface area contributed by atoms with E-state index in [2.05, 4.69) is 10.3 Å². The number of benzene rings is 2. The van der Waals surface area contributed by atoms with Gasteiger partial charge in [0.2, 0.25) is 5.91 Å². The summed E-state index contributed by atoms with van der Waals surface area (Å²) in [6.45, 7) is 0. The average molecular weight is 386 g/mol. The van der Waals surface area contributed by atoms with Crippen molar-refractivity contribution in [2.75, 3.05) is 5.32 Å². The Morgan fingerprint density at radius 1 is 1.23 bits per heavy atom. The molecule has 8 heteroatoms. The van der Waals surface area contributed by atoms with Gasteiger partial charge in [-0.15, -0.1) is 11.3 Å². The summed E-state index contributed by atoms with van der Waals surface area (Å²) in [5.74, 6) is -0.329. The van der Waals surface area contributed by atoms with Crippen molar-refractivity contribution in [2.45, 2.75) is 0 Å². The molecule has 0 aliphatic rings. The van der Waals surface area contributed by atoms with Gasteiger partial charge in [-0.25, -0.2) is 4.98 Å². The normalized spacial score (nSPS) is 10.8. The molecule has 1 amide bonds. The molecule has 0 radical (unpaired) electrons. The Balaban J connectivity index is 1.69. The summed E-state index contributed by atoms with van der Waals surface area (Å²) in [6.07, 6.45) is 3.04. The van der Waals surface area contributed by atoms with Crippen LogP contribution in [0.2, 0.25) is 5.02 Å². The number of nitrogens with one attached hydrogen (secondary N) is 1. The number of carbonyl (C=O) groups is 1. The molecule has 26 heavy (non-hydrogen) atoms. The van der Waals surface area contributed by atoms with Crippen LogP contribution in [0.25, 0.3) is 17.3 Å². The number of halogens is 1. The number of non-ortho nitro benzene ring substituents is 1. The first-order valence-corrected chi connectivity index (χ1v) is 8.72. The number of carbonyl (C=O) groups excluding carboxylic acids is 1. The van der Waals surface area contributed by atoms with Gasteiger partial charge in [-0.05, 0) is 23.8 Å². The number of nitro benzene ring substituents is 1. The fourth-order valence-electron chi connectivity index (χ4n) is 2.17. The van der Waals surface area contributed by atoms with Crippen LogP contribution >= 0.6 is 22.9 Å². The van der Waals surface area contributed by atoms with E-state index >= 15 is 0 Å². The number of thiazole rings is 1. The van der Waals surface area contributed by atoms with Gasteiger partial charge in [0.05, 0.1) is 10.6 Å². The molecule has 0 fully saturated rings. The van der Waals surface area contributed by atoms with Crippen LogP contribution in [0.3, 0.4) is 0 Å². The highest BCUT2D eigenvalue weighted by atomic mass is 35.5. The van der Waals surface area contributed by atoms with E-state index in [1.165, 1.54) is 29.5 Å². The molecular formula is C18H12ClN3O3S. The molecule has 0 unspecified atom stereocenters. The molecular weight excluding hydrogens is 374 g/mol. The highest BCUT2D eigenvalue weighted by Crippen LogP contribution is 2.27. The van der Waals surface area contributed by atoms with Gasteiger partial charge >= 0.3 is 0 Å². The molecule has 3 rings (SSSR count). The first-order chi connectivity index (χ1) is 12.5. The Bertz CT molecular complexity index is 1000. The Labute approximate surface area is 157 Å². The summed E-state index contributed by atoms with van der Waals surface area (Å²) in [4.78, 5) is 26.7. The highest BCUT2D eigenvalue weighted by Gasteiger charge is 2.10. The minimum Gasteiger partial charge on any atom is -0.298 e. The van der Waals surface area contributed by atoms with Crippen LogP contribution in [0, 0.1) is 10.1 Å². The number of aromatic nitrogens is 1. The van der Waals surface area contributed by atoms with E-state index in [1.54, 1.807) is 41.8 Å². The number of nitro groups is 1. The standard InChI is InChI=1S/C18H12ClN3O3S/c19-14-5-1-3-12(9-14)7-8-17(23)21-18-20-16(11-26-18)13-4-2-6-15(10-13)22(24)25/h1-11H,(H,20,21,23)/b8-7+. The van der Waals surface area contributed by atoms with Crippen molar-refractivity contribution in [3.63, 3.8) is 0 Å². The smallest absolute Gasteiger partial charge is 0.270 e. The fraction of sp³-hybridized carbons (Fsp3) is 0. The van der Waals surface area contributed by atoms with Crippen molar-refractivity contribution in [1.82, 2.24) is 4.98 Å². The van der Waals surface area contributed by atoms with Crippen LogP contribution < -0.4 is 5.32 Å². The first kappa shape index (κ1) is 17.8. The minimum atomic E-state index is -0.459. The number of hydrogen-bond acceptors (Lipinski definition) is 5. The molecule has 0 atom stereocenters. The molecule has 0 saturated heterocycles. The topological polar surface area (TPSA) is 85.1 Å². The van der Waals surface area contributed by atoms with Gasteiger partial charge in [0.1, 0.15) is 0 Å². The predicted molar refractivity (Wildman–Crippen MR) is 103 cm³/mol. The Kier molecular flexibility index (Phi) is 5.40. The third-order valence-corrected chi connectivity index (χ3v) is 4.36. The lowest BCUT2D eigenvalue weighted by Crippen LogP contribution is -2.07. The highest BCUT2D eigenvalue weighted by molar-refractivity contribution is 7.14. The lowest BCUT2D eigenvalue weighted by atomic mass is 10.1. The molecule has 0 bridgehead atoms. The molecule has 0 spiro atoms. The number of anilines is 1. The number of amides is 1. The van der Waals surface area contributed by atoms with Gasteiger partial charge in [0.15, 0.2) is 5.13 Å². The first-order valence-electron chi connectivity index (χ1n) is 7.46. The van der Waals surface area contributed by atoms with Gasteiger partial charge in [-0.3, -0.25) is 20.2 Å². The molecule has 0 aliphatic heterocycles. The zero-order valence-electron chi connectivity index (χ0n) is 13.3. The molecule has 0 aliphatic carbocycles. The Morgan fingerprint density at radius 2 is 2.04 bits per heavy atom. The van der Waals surface area contributed by atoms with E-state index in [4.69, 9.17) is 11.6 Å². The fourth-order valence-corrected chi connectivity index (χ4v) is 3.09. The maximum Gasteiger partial charge on any atom is 0.270 e. The Morgan fingerprint density at radius 3 is 2.81 bits per heavy atom. The number of hydrogen-bond donors (Lipinski definition) is 1. The van der Waals surface area contributed by atoms with Crippen molar-refractivity contribution in [3.05, 3.63) is 80.7 Å². The summed E-state index contributed by atoms with van der Waals surface area (Å²) in [7, 11) is 0. The SMILES string of the molecule is O=C(/C=C/c1cccc(Cl)c1)Nc1nc(-c2cccc([N+](=O)[O-])c2)cs1. The molecule has 1 heterocycles. The molecule has 3 aromatic rings. The summed E-state index contributed by atoms with van der Waals surface area (Å²) < 4.78 is 0. The molecule has 1 N–H and O–H groups in total. The molecule has 0 saturated carbocycles. The minimum absolute atomic E-state index is 0.00876. The van der Waals surface area contributed by atoms with Gasteiger partial charge in [-0.1, -0.05) is 35.9 Å². The van der Waals surface area contributed by atoms with Crippen molar-refractivity contribution >= 4 is 45.7 Å². The Hall–Kier alpha value is -3.03. The summed E-state index contributed by atoms with van der Waals surface area (Å²) >= 11 is 7.14. The second-order valence-electron chi connectivity index (χ2n) is 5.22. The summed E-state index contributed by atoms with van der Waals surface area (Å²) in [6, 6.07) is 13.3. The number of rotatable bonds is 5. The quantitative estimate of drug-likeness (QED) is 0.379. The molecule has 1 aromatic heterocycles. The second kappa shape index (κ2) is 7.90. The lowest BCUT2D eigenvalue weighted by Gasteiger charge is -1.98. The van der Waals surface area contributed by atoms with Crippen LogP contribution in [0.15, 0.2) is 60.0 Å². The van der Waals surface area contributed by atoms with Gasteiger partial charge in [0, 0.05) is 34.2 Å². The number of nitrogens with zero attached hydrogens (tertiary/aromatic N) is 2. The zero-order chi connectivity index (χ0) is 18.5. The van der Waals surface area contributed by atoms with Crippen LogP contribution in [0.5, 0.6) is 0 Å². The molecule has 130 valence electrons. The van der Waals surface area contributed by atoms with Gasteiger partial charge in [-0.2, -0.15) is 0 Å². The van der Waals surface area contributed by atoms with E-state index in [0.717, 1.165) is 5.56 Å². The van der Waals surface area contributed by atoms with Crippen LogP contribution in [0.4, 0.5) is 10.8 Å². The van der Waals surface area contributed by atoms with Crippen LogP contribution in [-0.4, -0.2) is 15.8 Å². The van der Waals surface area contributed by atoms with Crippen LogP contribution in [0.1, 0.15) is 5.56 Å². The van der Waals surface area contributed by atoms with E-state index < -0.39 is 4.92 Å². The molecule has 2 aromatic carbocycles. The lowest BCUT2D eigenvalue weighted by molar-refractivity contribution is -0.384.